The molecular weight excluding hydrogens is 578 g/mol. The highest BCUT2D eigenvalue weighted by Crippen LogP contribution is 2.31. The van der Waals surface area contributed by atoms with Gasteiger partial charge in [0.25, 0.3) is 5.91 Å². The Morgan fingerprint density at radius 3 is 2.48 bits per heavy atom. The van der Waals surface area contributed by atoms with Crippen LogP contribution in [0.3, 0.4) is 0 Å². The molecule has 4 aromatic carbocycles. The van der Waals surface area contributed by atoms with Gasteiger partial charge in [0.15, 0.2) is 0 Å². The van der Waals surface area contributed by atoms with E-state index in [2.05, 4.69) is 31.8 Å². The number of hydrogen-bond donors (Lipinski definition) is 4. The normalized spacial score (nSPS) is 15.2. The van der Waals surface area contributed by atoms with Gasteiger partial charge in [-0.2, -0.15) is 0 Å². The van der Waals surface area contributed by atoms with Crippen molar-refractivity contribution in [2.45, 2.75) is 18.8 Å². The van der Waals surface area contributed by atoms with Crippen LogP contribution in [0.5, 0.6) is 5.75 Å². The molecule has 9 nitrogen and oxygen atoms in total. The molecule has 236 valence electrons. The summed E-state index contributed by atoms with van der Waals surface area (Å²) < 4.78 is 5.67. The van der Waals surface area contributed by atoms with Crippen molar-refractivity contribution in [2.75, 3.05) is 44.6 Å². The van der Waals surface area contributed by atoms with Crippen LogP contribution in [0.4, 0.5) is 10.5 Å². The summed E-state index contributed by atoms with van der Waals surface area (Å²) in [4.78, 5) is 30.3. The summed E-state index contributed by atoms with van der Waals surface area (Å²) in [6.45, 7) is 4.27. The van der Waals surface area contributed by atoms with Gasteiger partial charge < -0.3 is 35.6 Å². The molecule has 4 N–H and O–H groups in total. The van der Waals surface area contributed by atoms with Gasteiger partial charge in [-0.25, -0.2) is 4.79 Å². The maximum Gasteiger partial charge on any atom is 0.319 e. The Bertz CT molecular complexity index is 1740. The largest absolute Gasteiger partial charge is 0.508 e. The van der Waals surface area contributed by atoms with Crippen LogP contribution < -0.4 is 16.0 Å². The van der Waals surface area contributed by atoms with Crippen molar-refractivity contribution in [1.82, 2.24) is 20.4 Å². The average Bonchev–Trinajstić information content (AvgIpc) is 3.10. The van der Waals surface area contributed by atoms with Gasteiger partial charge in [-0.3, -0.25) is 4.79 Å². The molecule has 1 fully saturated rings. The fourth-order valence-electron chi connectivity index (χ4n) is 6.08. The zero-order chi connectivity index (χ0) is 31.7. The third-order valence-corrected chi connectivity index (χ3v) is 8.50. The second-order valence-corrected chi connectivity index (χ2v) is 11.6. The predicted molar refractivity (Wildman–Crippen MR) is 181 cm³/mol. The van der Waals surface area contributed by atoms with Crippen molar-refractivity contribution in [2.24, 2.45) is 0 Å². The molecular formula is C37H39N5O4. The number of rotatable bonds is 10. The van der Waals surface area contributed by atoms with Crippen molar-refractivity contribution in [1.29, 1.82) is 0 Å². The second kappa shape index (κ2) is 14.7. The van der Waals surface area contributed by atoms with Gasteiger partial charge in [0.1, 0.15) is 17.8 Å². The van der Waals surface area contributed by atoms with Crippen LogP contribution in [0.25, 0.3) is 16.5 Å². The lowest BCUT2D eigenvalue weighted by Crippen LogP contribution is -2.38. The Hall–Kier alpha value is -5.28. The molecule has 0 aromatic heterocycles. The number of nitrogens with zero attached hydrogens (tertiary/aromatic N) is 2. The zero-order valence-corrected chi connectivity index (χ0v) is 25.7. The molecule has 3 amide bonds. The number of benzene rings is 4. The van der Waals surface area contributed by atoms with Gasteiger partial charge in [-0.15, -0.1) is 0 Å². The first-order valence-electron chi connectivity index (χ1n) is 15.8. The number of piperidine rings is 1. The average molecular weight is 618 g/mol. The molecule has 1 saturated heterocycles. The maximum atomic E-state index is 13.2. The molecule has 0 spiro atoms. The van der Waals surface area contributed by atoms with Gasteiger partial charge >= 0.3 is 6.03 Å². The Morgan fingerprint density at radius 1 is 0.848 bits per heavy atom. The number of nitrogens with one attached hydrogen (secondary N) is 3. The van der Waals surface area contributed by atoms with E-state index in [1.165, 1.54) is 0 Å². The number of ether oxygens (including phenoxy) is 1. The molecule has 46 heavy (non-hydrogen) atoms. The number of anilines is 1. The summed E-state index contributed by atoms with van der Waals surface area (Å²) in [5.41, 5.74) is 3.35. The molecule has 2 aliphatic heterocycles. The Kier molecular flexibility index (Phi) is 9.80. The zero-order valence-electron chi connectivity index (χ0n) is 25.7. The number of carbonyl (C=O) groups is 2. The standard InChI is InChI=1S/C37H39N5O4/c43-30-10-5-9-29(25-30)35-26-42(23-24-46-35)22-21-41-19-15-28(16-20-41)31-11-3-4-13-33(31)36(44)38-17-18-39-37(45)40-34-14-6-8-27-7-1-2-12-32(27)34/h1-14,23-26,28,43H,15-22H2,(H,38,44)(H2,39,40,45). The second-order valence-electron chi connectivity index (χ2n) is 11.6. The molecule has 0 atom stereocenters. The molecule has 2 heterocycles. The van der Waals surface area contributed by atoms with E-state index in [1.807, 2.05) is 79.1 Å². The minimum atomic E-state index is -0.310. The summed E-state index contributed by atoms with van der Waals surface area (Å²) in [5, 5.41) is 20.6. The minimum Gasteiger partial charge on any atom is -0.508 e. The number of phenolic OH excluding ortho intramolecular Hbond substituents is 1. The molecule has 0 bridgehead atoms. The van der Waals surface area contributed by atoms with E-state index in [4.69, 9.17) is 4.74 Å². The van der Waals surface area contributed by atoms with Crippen LogP contribution in [-0.4, -0.2) is 66.1 Å². The van der Waals surface area contributed by atoms with E-state index < -0.39 is 0 Å². The first-order valence-corrected chi connectivity index (χ1v) is 15.8. The van der Waals surface area contributed by atoms with Crippen LogP contribution in [0.1, 0.15) is 40.2 Å². The maximum absolute atomic E-state index is 13.2. The van der Waals surface area contributed by atoms with Crippen molar-refractivity contribution < 1.29 is 19.4 Å². The number of hydrogen-bond acceptors (Lipinski definition) is 6. The van der Waals surface area contributed by atoms with E-state index in [0.717, 1.165) is 66.6 Å². The summed E-state index contributed by atoms with van der Waals surface area (Å²) in [5.74, 6) is 1.10. The Balaban J connectivity index is 0.950. The predicted octanol–water partition coefficient (Wildman–Crippen LogP) is 6.08. The summed E-state index contributed by atoms with van der Waals surface area (Å²) in [6.07, 6.45) is 7.50. The van der Waals surface area contributed by atoms with Crippen LogP contribution in [0, 0.1) is 0 Å². The van der Waals surface area contributed by atoms with E-state index in [-0.39, 0.29) is 17.7 Å². The highest BCUT2D eigenvalue weighted by Gasteiger charge is 2.24. The molecule has 9 heteroatoms. The Labute approximate surface area is 269 Å². The van der Waals surface area contributed by atoms with E-state index in [9.17, 15) is 14.7 Å². The third kappa shape index (κ3) is 7.68. The van der Waals surface area contributed by atoms with E-state index >= 15 is 0 Å². The minimum absolute atomic E-state index is 0.122. The molecule has 6 rings (SSSR count). The quantitative estimate of drug-likeness (QED) is 0.161. The number of phenols is 1. The highest BCUT2D eigenvalue weighted by molar-refractivity contribution is 6.01. The number of amides is 3. The number of carbonyl (C=O) groups excluding carboxylic acids is 2. The van der Waals surface area contributed by atoms with Crippen LogP contribution in [0.2, 0.25) is 0 Å². The first kappa shape index (κ1) is 30.7. The molecule has 0 aliphatic carbocycles. The molecule has 0 unspecified atom stereocenters. The summed E-state index contributed by atoms with van der Waals surface area (Å²) >= 11 is 0. The number of likely N-dealkylation sites (tertiary alicyclic amines) is 1. The van der Waals surface area contributed by atoms with Gasteiger partial charge in [0, 0.05) is 55.1 Å². The molecule has 2 aliphatic rings. The van der Waals surface area contributed by atoms with Crippen molar-refractivity contribution in [3.05, 3.63) is 126 Å². The van der Waals surface area contributed by atoms with Gasteiger partial charge in [-0.1, -0.05) is 66.7 Å². The summed E-state index contributed by atoms with van der Waals surface area (Å²) in [6, 6.07) is 28.3. The lowest BCUT2D eigenvalue weighted by Gasteiger charge is -2.34. The molecule has 0 radical (unpaired) electrons. The summed E-state index contributed by atoms with van der Waals surface area (Å²) in [7, 11) is 0. The number of urea groups is 1. The highest BCUT2D eigenvalue weighted by atomic mass is 16.5. The van der Waals surface area contributed by atoms with Crippen molar-refractivity contribution in [3.63, 3.8) is 0 Å². The lowest BCUT2D eigenvalue weighted by molar-refractivity contribution is 0.0951. The number of fused-ring (bicyclic) bond motifs is 1. The number of aromatic hydroxyl groups is 1. The van der Waals surface area contributed by atoms with Crippen LogP contribution in [0.15, 0.2) is 110 Å². The Morgan fingerprint density at radius 2 is 1.61 bits per heavy atom. The van der Waals surface area contributed by atoms with E-state index in [0.29, 0.717) is 30.3 Å². The molecule has 4 aromatic rings. The van der Waals surface area contributed by atoms with E-state index in [1.54, 1.807) is 24.5 Å². The van der Waals surface area contributed by atoms with Crippen molar-refractivity contribution in [3.8, 4) is 5.75 Å². The van der Waals surface area contributed by atoms with Gasteiger partial charge in [0.05, 0.1) is 5.69 Å². The fraction of sp³-hybridized carbons (Fsp3) is 0.243. The SMILES string of the molecule is O=C(NCCNC(=O)c1ccccc1C1CCN(CCN2C=COC(c3cccc(O)c3)=C2)CC1)Nc1cccc2ccccc12. The van der Waals surface area contributed by atoms with Crippen molar-refractivity contribution >= 4 is 34.2 Å². The monoisotopic (exact) mass is 617 g/mol. The smallest absolute Gasteiger partial charge is 0.319 e. The topological polar surface area (TPSA) is 106 Å². The lowest BCUT2D eigenvalue weighted by atomic mass is 9.86. The van der Waals surface area contributed by atoms with Crippen LogP contribution >= 0.6 is 0 Å². The fourth-order valence-corrected chi connectivity index (χ4v) is 6.08. The van der Waals surface area contributed by atoms with Gasteiger partial charge in [0.2, 0.25) is 0 Å². The van der Waals surface area contributed by atoms with Gasteiger partial charge in [-0.05, 0) is 67.1 Å². The first-order chi connectivity index (χ1) is 22.5. The molecule has 0 saturated carbocycles. The third-order valence-electron chi connectivity index (χ3n) is 8.50. The van der Waals surface area contributed by atoms with Crippen LogP contribution in [-0.2, 0) is 4.74 Å².